The lowest BCUT2D eigenvalue weighted by atomic mass is 10.0. The number of guanidine groups is 1. The van der Waals surface area contributed by atoms with Gasteiger partial charge in [0, 0.05) is 18.8 Å². The lowest BCUT2D eigenvalue weighted by molar-refractivity contribution is -0.117. The van der Waals surface area contributed by atoms with Gasteiger partial charge >= 0.3 is 0 Å². The topological polar surface area (TPSA) is 90.1 Å². The van der Waals surface area contributed by atoms with Crippen LogP contribution in [0.25, 0.3) is 0 Å². The molecule has 7 nitrogen and oxygen atoms in total. The van der Waals surface area contributed by atoms with Crippen LogP contribution < -0.4 is 15.5 Å². The van der Waals surface area contributed by atoms with Crippen LogP contribution in [-0.2, 0) is 16.8 Å². The zero-order chi connectivity index (χ0) is 20.1. The van der Waals surface area contributed by atoms with Crippen molar-refractivity contribution in [3.05, 3.63) is 53.5 Å². The Balaban J connectivity index is 1.62. The van der Waals surface area contributed by atoms with Crippen molar-refractivity contribution in [1.29, 1.82) is 0 Å². The van der Waals surface area contributed by atoms with E-state index in [-0.39, 0.29) is 19.0 Å². The third-order valence-electron chi connectivity index (χ3n) is 4.78. The zero-order valence-electron chi connectivity index (χ0n) is 16.7. The van der Waals surface area contributed by atoms with Crippen molar-refractivity contribution >= 4 is 17.6 Å². The first-order chi connectivity index (χ1) is 13.4. The molecule has 0 radical (unpaired) electrons. The number of benzene rings is 1. The third kappa shape index (κ3) is 4.54. The number of anilines is 1. The Bertz CT molecular complexity index is 857. The first-order valence-corrected chi connectivity index (χ1v) is 9.60. The molecule has 7 heteroatoms. The average Bonchev–Trinajstić information content (AvgIpc) is 3.30. The molecule has 1 aliphatic rings. The Labute approximate surface area is 165 Å². The van der Waals surface area contributed by atoms with E-state index < -0.39 is 5.60 Å². The van der Waals surface area contributed by atoms with Gasteiger partial charge in [-0.25, -0.2) is 4.99 Å². The van der Waals surface area contributed by atoms with Crippen molar-refractivity contribution in [2.75, 3.05) is 31.1 Å². The predicted molar refractivity (Wildman–Crippen MR) is 109 cm³/mol. The van der Waals surface area contributed by atoms with Crippen LogP contribution in [-0.4, -0.2) is 43.2 Å². The molecular formula is C21H28N4O3. The van der Waals surface area contributed by atoms with Crippen LogP contribution in [0.4, 0.5) is 5.69 Å². The van der Waals surface area contributed by atoms with Gasteiger partial charge in [-0.05, 0) is 51.0 Å². The fourth-order valence-electron chi connectivity index (χ4n) is 3.24. The molecule has 0 spiro atoms. The van der Waals surface area contributed by atoms with E-state index in [1.807, 2.05) is 38.1 Å². The Hall–Kier alpha value is -2.80. The van der Waals surface area contributed by atoms with E-state index in [0.29, 0.717) is 24.8 Å². The molecule has 0 bridgehead atoms. The molecule has 0 aliphatic carbocycles. The fourth-order valence-corrected chi connectivity index (χ4v) is 3.24. The van der Waals surface area contributed by atoms with Crippen LogP contribution in [0.5, 0.6) is 0 Å². The van der Waals surface area contributed by atoms with Gasteiger partial charge in [-0.1, -0.05) is 18.2 Å². The number of hydrogen-bond donors (Lipinski definition) is 3. The maximum atomic E-state index is 12.6. The molecule has 3 N–H and O–H groups in total. The van der Waals surface area contributed by atoms with E-state index in [9.17, 15) is 9.90 Å². The average molecular weight is 384 g/mol. The minimum Gasteiger partial charge on any atom is -0.463 e. The molecule has 1 aromatic heterocycles. The number of fused-ring (bicyclic) bond motifs is 1. The second-order valence-electron chi connectivity index (χ2n) is 7.16. The molecule has 1 aliphatic heterocycles. The van der Waals surface area contributed by atoms with E-state index in [2.05, 4.69) is 21.7 Å². The number of aliphatic hydroxyl groups is 1. The number of carbonyl (C=O) groups is 1. The number of carbonyl (C=O) groups excluding carboxylic acids is 1. The number of aliphatic imine (C=N–C) groups is 1. The summed E-state index contributed by atoms with van der Waals surface area (Å²) >= 11 is 0. The van der Waals surface area contributed by atoms with E-state index in [4.69, 9.17) is 4.42 Å². The second-order valence-corrected chi connectivity index (χ2v) is 7.16. The standard InChI is InChI=1S/C21H28N4O3/c1-4-22-20(24-14-21(3,27)18-10-9-15(2)28-18)23-13-19(26)25-12-11-16-7-5-6-8-17(16)25/h5-10,27H,4,11-14H2,1-3H3,(H2,22,23,24). The molecular weight excluding hydrogens is 356 g/mol. The number of nitrogens with zero attached hydrogens (tertiary/aromatic N) is 2. The molecule has 2 aromatic rings. The van der Waals surface area contributed by atoms with Gasteiger partial charge in [-0.2, -0.15) is 0 Å². The van der Waals surface area contributed by atoms with Gasteiger partial charge in [0.05, 0.1) is 6.54 Å². The molecule has 150 valence electrons. The normalized spacial score (nSPS) is 15.9. The van der Waals surface area contributed by atoms with Gasteiger partial charge in [-0.3, -0.25) is 4.79 Å². The van der Waals surface area contributed by atoms with Crippen molar-refractivity contribution in [3.63, 3.8) is 0 Å². The number of nitrogens with one attached hydrogen (secondary N) is 2. The number of hydrogen-bond acceptors (Lipinski definition) is 4. The first-order valence-electron chi connectivity index (χ1n) is 9.60. The highest BCUT2D eigenvalue weighted by molar-refractivity contribution is 5.98. The van der Waals surface area contributed by atoms with Gasteiger partial charge in [-0.15, -0.1) is 0 Å². The van der Waals surface area contributed by atoms with Crippen molar-refractivity contribution in [1.82, 2.24) is 10.6 Å². The molecule has 0 fully saturated rings. The number of rotatable bonds is 6. The molecule has 0 saturated heterocycles. The van der Waals surface area contributed by atoms with Gasteiger partial charge in [0.25, 0.3) is 0 Å². The van der Waals surface area contributed by atoms with Crippen LogP contribution in [0.2, 0.25) is 0 Å². The van der Waals surface area contributed by atoms with Gasteiger partial charge < -0.3 is 25.1 Å². The quantitative estimate of drug-likeness (QED) is 0.523. The van der Waals surface area contributed by atoms with Crippen molar-refractivity contribution in [2.45, 2.75) is 32.8 Å². The summed E-state index contributed by atoms with van der Waals surface area (Å²) in [4.78, 5) is 18.8. The first kappa shape index (κ1) is 19.9. The van der Waals surface area contributed by atoms with Crippen molar-refractivity contribution in [2.24, 2.45) is 4.99 Å². The molecule has 3 rings (SSSR count). The summed E-state index contributed by atoms with van der Waals surface area (Å²) in [7, 11) is 0. The predicted octanol–water partition coefficient (Wildman–Crippen LogP) is 1.94. The van der Waals surface area contributed by atoms with E-state index in [0.717, 1.165) is 17.9 Å². The second kappa shape index (κ2) is 8.48. The molecule has 28 heavy (non-hydrogen) atoms. The van der Waals surface area contributed by atoms with Crippen molar-refractivity contribution < 1.29 is 14.3 Å². The maximum absolute atomic E-state index is 12.6. The van der Waals surface area contributed by atoms with Crippen LogP contribution in [0.1, 0.15) is 30.9 Å². The molecule has 1 unspecified atom stereocenters. The highest BCUT2D eigenvalue weighted by Crippen LogP contribution is 2.27. The van der Waals surface area contributed by atoms with Gasteiger partial charge in [0.2, 0.25) is 5.91 Å². The summed E-state index contributed by atoms with van der Waals surface area (Å²) in [5.41, 5.74) is 0.967. The molecule has 0 saturated carbocycles. The van der Waals surface area contributed by atoms with Gasteiger partial charge in [0.15, 0.2) is 5.96 Å². The van der Waals surface area contributed by atoms with Crippen LogP contribution in [0, 0.1) is 6.92 Å². The summed E-state index contributed by atoms with van der Waals surface area (Å²) in [6.07, 6.45) is 0.870. The Kier molecular flexibility index (Phi) is 6.04. The number of amides is 1. The largest absolute Gasteiger partial charge is 0.463 e. The summed E-state index contributed by atoms with van der Waals surface area (Å²) in [5.74, 6) is 1.66. The third-order valence-corrected chi connectivity index (χ3v) is 4.78. The highest BCUT2D eigenvalue weighted by Gasteiger charge is 2.27. The molecule has 1 aromatic carbocycles. The molecule has 1 atom stereocenters. The summed E-state index contributed by atoms with van der Waals surface area (Å²) < 4.78 is 5.53. The van der Waals surface area contributed by atoms with E-state index in [1.165, 1.54) is 5.56 Å². The number of aryl methyl sites for hydroxylation is 1. The fraction of sp³-hybridized carbons (Fsp3) is 0.429. The minimum absolute atomic E-state index is 0.0334. The smallest absolute Gasteiger partial charge is 0.248 e. The van der Waals surface area contributed by atoms with Crippen LogP contribution in [0.15, 0.2) is 45.8 Å². The highest BCUT2D eigenvalue weighted by atomic mass is 16.4. The lowest BCUT2D eigenvalue weighted by Gasteiger charge is -2.23. The number of furan rings is 1. The maximum Gasteiger partial charge on any atom is 0.248 e. The van der Waals surface area contributed by atoms with E-state index >= 15 is 0 Å². The van der Waals surface area contributed by atoms with Crippen LogP contribution >= 0.6 is 0 Å². The SMILES string of the molecule is CCNC(=NCC(=O)N1CCc2ccccc21)NCC(C)(O)c1ccc(C)o1. The molecule has 2 heterocycles. The Morgan fingerprint density at radius 3 is 2.79 bits per heavy atom. The monoisotopic (exact) mass is 384 g/mol. The Morgan fingerprint density at radius 2 is 2.07 bits per heavy atom. The minimum atomic E-state index is -1.19. The summed E-state index contributed by atoms with van der Waals surface area (Å²) in [5, 5.41) is 16.9. The zero-order valence-corrected chi connectivity index (χ0v) is 16.7. The van der Waals surface area contributed by atoms with E-state index in [1.54, 1.807) is 17.9 Å². The lowest BCUT2D eigenvalue weighted by Crippen LogP contribution is -2.45. The summed E-state index contributed by atoms with van der Waals surface area (Å²) in [6, 6.07) is 11.5. The van der Waals surface area contributed by atoms with Gasteiger partial charge in [0.1, 0.15) is 23.7 Å². The van der Waals surface area contributed by atoms with Crippen molar-refractivity contribution in [3.8, 4) is 0 Å². The Morgan fingerprint density at radius 1 is 1.29 bits per heavy atom. The molecule has 1 amide bonds. The van der Waals surface area contributed by atoms with Crippen LogP contribution in [0.3, 0.4) is 0 Å². The summed E-state index contributed by atoms with van der Waals surface area (Å²) in [6.45, 7) is 7.02. The number of para-hydroxylation sites is 1.